The van der Waals surface area contributed by atoms with E-state index in [0.29, 0.717) is 15.8 Å². The van der Waals surface area contributed by atoms with Gasteiger partial charge in [0.15, 0.2) is 5.75 Å². The lowest BCUT2D eigenvalue weighted by atomic mass is 9.93. The fraction of sp³-hybridized carbons (Fsp3) is 0.217. The molecule has 138 valence electrons. The lowest BCUT2D eigenvalue weighted by Gasteiger charge is -2.14. The van der Waals surface area contributed by atoms with E-state index in [4.69, 9.17) is 32.4 Å². The Labute approximate surface area is 169 Å². The Bertz CT molecular complexity index is 1050. The van der Waals surface area contributed by atoms with Gasteiger partial charge in [-0.05, 0) is 84.0 Å². The zero-order valence-corrected chi connectivity index (χ0v) is 17.3. The zero-order valence-electron chi connectivity index (χ0n) is 15.7. The van der Waals surface area contributed by atoms with Crippen LogP contribution in [0.4, 0.5) is 0 Å². The third-order valence-electron chi connectivity index (χ3n) is 5.22. The van der Waals surface area contributed by atoms with Gasteiger partial charge >= 0.3 is 0 Å². The SMILES string of the molecule is COc1c(Cl)cc(-c2c(C)ccc3c2C=C(c2cc(C)c(C)o2)C3)cc1Cl. The van der Waals surface area contributed by atoms with Crippen LogP contribution in [0.3, 0.4) is 0 Å². The molecule has 0 aliphatic heterocycles. The molecule has 2 nitrogen and oxygen atoms in total. The third-order valence-corrected chi connectivity index (χ3v) is 5.78. The second-order valence-corrected chi connectivity index (χ2v) is 7.81. The van der Waals surface area contributed by atoms with Crippen LogP contribution >= 0.6 is 23.2 Å². The number of benzene rings is 2. The molecule has 1 aliphatic carbocycles. The van der Waals surface area contributed by atoms with Crippen molar-refractivity contribution in [3.8, 4) is 16.9 Å². The Morgan fingerprint density at radius 3 is 2.26 bits per heavy atom. The maximum absolute atomic E-state index is 6.39. The molecule has 0 saturated carbocycles. The Morgan fingerprint density at radius 2 is 1.67 bits per heavy atom. The second-order valence-electron chi connectivity index (χ2n) is 7.00. The largest absolute Gasteiger partial charge is 0.494 e. The smallest absolute Gasteiger partial charge is 0.156 e. The van der Waals surface area contributed by atoms with Crippen molar-refractivity contribution < 1.29 is 9.15 Å². The van der Waals surface area contributed by atoms with Gasteiger partial charge in [0.1, 0.15) is 11.5 Å². The molecule has 0 amide bonds. The predicted octanol–water partition coefficient (Wildman–Crippen LogP) is 7.28. The molecule has 4 heteroatoms. The number of allylic oxidation sites excluding steroid dienone is 1. The second kappa shape index (κ2) is 6.78. The average molecular weight is 399 g/mol. The van der Waals surface area contributed by atoms with E-state index in [-0.39, 0.29) is 0 Å². The van der Waals surface area contributed by atoms with Crippen LogP contribution in [0.2, 0.25) is 10.0 Å². The predicted molar refractivity (Wildman–Crippen MR) is 113 cm³/mol. The number of hydrogen-bond donors (Lipinski definition) is 0. The monoisotopic (exact) mass is 398 g/mol. The van der Waals surface area contributed by atoms with E-state index in [9.17, 15) is 0 Å². The summed E-state index contributed by atoms with van der Waals surface area (Å²) in [5.41, 5.74) is 8.16. The van der Waals surface area contributed by atoms with E-state index in [1.807, 2.05) is 19.1 Å². The molecule has 0 atom stereocenters. The van der Waals surface area contributed by atoms with E-state index < -0.39 is 0 Å². The summed E-state index contributed by atoms with van der Waals surface area (Å²) >= 11 is 12.8. The van der Waals surface area contributed by atoms with Gasteiger partial charge in [-0.15, -0.1) is 0 Å². The summed E-state index contributed by atoms with van der Waals surface area (Å²) in [7, 11) is 1.57. The van der Waals surface area contributed by atoms with E-state index >= 15 is 0 Å². The van der Waals surface area contributed by atoms with E-state index in [1.165, 1.54) is 27.8 Å². The highest BCUT2D eigenvalue weighted by Gasteiger charge is 2.22. The van der Waals surface area contributed by atoms with Crippen LogP contribution in [-0.2, 0) is 6.42 Å². The molecule has 0 fully saturated rings. The minimum Gasteiger partial charge on any atom is -0.494 e. The van der Waals surface area contributed by atoms with Gasteiger partial charge < -0.3 is 9.15 Å². The quantitative estimate of drug-likeness (QED) is 0.462. The van der Waals surface area contributed by atoms with Crippen molar-refractivity contribution >= 4 is 34.9 Å². The molecule has 3 aromatic rings. The lowest BCUT2D eigenvalue weighted by molar-refractivity contribution is 0.415. The van der Waals surface area contributed by atoms with Crippen molar-refractivity contribution in [1.82, 2.24) is 0 Å². The van der Waals surface area contributed by atoms with Gasteiger partial charge in [0, 0.05) is 6.42 Å². The van der Waals surface area contributed by atoms with Crippen LogP contribution < -0.4 is 4.74 Å². The first-order valence-electron chi connectivity index (χ1n) is 8.83. The third kappa shape index (κ3) is 3.07. The maximum atomic E-state index is 6.39. The van der Waals surface area contributed by atoms with Crippen LogP contribution in [0.25, 0.3) is 22.8 Å². The van der Waals surface area contributed by atoms with Crippen molar-refractivity contribution in [2.45, 2.75) is 27.2 Å². The standard InChI is InChI=1S/C23H20Cl2O2/c1-12-5-6-15-8-16(21-7-13(2)14(3)27-21)9-18(15)22(12)17-10-19(24)23(26-4)20(25)11-17/h5-7,9-11H,8H2,1-4H3. The van der Waals surface area contributed by atoms with Gasteiger partial charge in [-0.3, -0.25) is 0 Å². The van der Waals surface area contributed by atoms with Crippen LogP contribution in [0.1, 0.15) is 33.8 Å². The first kappa shape index (κ1) is 18.2. The van der Waals surface area contributed by atoms with Crippen LogP contribution in [0, 0.1) is 20.8 Å². The van der Waals surface area contributed by atoms with Crippen molar-refractivity contribution in [3.05, 3.63) is 74.2 Å². The van der Waals surface area contributed by atoms with Gasteiger partial charge in [-0.1, -0.05) is 35.3 Å². The number of furan rings is 1. The van der Waals surface area contributed by atoms with Crippen molar-refractivity contribution in [2.24, 2.45) is 0 Å². The summed E-state index contributed by atoms with van der Waals surface area (Å²) in [5.74, 6) is 2.41. The molecular weight excluding hydrogens is 379 g/mol. The Balaban J connectivity index is 1.87. The summed E-state index contributed by atoms with van der Waals surface area (Å²) in [4.78, 5) is 0. The summed E-state index contributed by atoms with van der Waals surface area (Å²) in [6, 6.07) is 10.3. The molecule has 0 bridgehead atoms. The maximum Gasteiger partial charge on any atom is 0.156 e. The van der Waals surface area contributed by atoms with Crippen molar-refractivity contribution in [1.29, 1.82) is 0 Å². The van der Waals surface area contributed by atoms with Crippen LogP contribution in [-0.4, -0.2) is 7.11 Å². The Morgan fingerprint density at radius 1 is 0.963 bits per heavy atom. The van der Waals surface area contributed by atoms with Crippen molar-refractivity contribution in [3.63, 3.8) is 0 Å². The number of ether oxygens (including phenoxy) is 1. The molecule has 4 rings (SSSR count). The molecule has 1 aromatic heterocycles. The number of hydrogen-bond acceptors (Lipinski definition) is 2. The highest BCUT2D eigenvalue weighted by Crippen LogP contribution is 2.43. The highest BCUT2D eigenvalue weighted by atomic mass is 35.5. The highest BCUT2D eigenvalue weighted by molar-refractivity contribution is 6.37. The first-order chi connectivity index (χ1) is 12.9. The summed E-state index contributed by atoms with van der Waals surface area (Å²) in [5, 5.41) is 1.02. The zero-order chi connectivity index (χ0) is 19.3. The van der Waals surface area contributed by atoms with Gasteiger partial charge in [-0.2, -0.15) is 0 Å². The number of aryl methyl sites for hydroxylation is 3. The molecule has 0 radical (unpaired) electrons. The minimum atomic E-state index is 0.505. The summed E-state index contributed by atoms with van der Waals surface area (Å²) in [6.07, 6.45) is 3.08. The molecule has 2 aromatic carbocycles. The molecule has 0 saturated heterocycles. The number of halogens is 2. The molecule has 1 heterocycles. The molecular formula is C23H20Cl2O2. The minimum absolute atomic E-state index is 0.505. The van der Waals surface area contributed by atoms with E-state index in [2.05, 4.69) is 38.1 Å². The molecule has 0 N–H and O–H groups in total. The molecule has 0 spiro atoms. The van der Waals surface area contributed by atoms with Gasteiger partial charge in [0.2, 0.25) is 0 Å². The Kier molecular flexibility index (Phi) is 4.57. The first-order valence-corrected chi connectivity index (χ1v) is 9.58. The fourth-order valence-electron chi connectivity index (χ4n) is 3.69. The van der Waals surface area contributed by atoms with Crippen LogP contribution in [0.5, 0.6) is 5.75 Å². The molecule has 1 aliphatic rings. The van der Waals surface area contributed by atoms with Crippen molar-refractivity contribution in [2.75, 3.05) is 7.11 Å². The van der Waals surface area contributed by atoms with E-state index in [0.717, 1.165) is 29.1 Å². The number of rotatable bonds is 3. The fourth-order valence-corrected chi connectivity index (χ4v) is 4.33. The van der Waals surface area contributed by atoms with Gasteiger partial charge in [0.25, 0.3) is 0 Å². The van der Waals surface area contributed by atoms with Gasteiger partial charge in [-0.25, -0.2) is 0 Å². The number of fused-ring (bicyclic) bond motifs is 1. The van der Waals surface area contributed by atoms with E-state index in [1.54, 1.807) is 7.11 Å². The summed E-state index contributed by atoms with van der Waals surface area (Å²) < 4.78 is 11.2. The molecule has 0 unspecified atom stereocenters. The van der Waals surface area contributed by atoms with Gasteiger partial charge in [0.05, 0.1) is 17.2 Å². The lowest BCUT2D eigenvalue weighted by Crippen LogP contribution is -1.93. The van der Waals surface area contributed by atoms with Crippen LogP contribution in [0.15, 0.2) is 34.7 Å². The topological polar surface area (TPSA) is 22.4 Å². The normalized spacial score (nSPS) is 12.9. The summed E-state index contributed by atoms with van der Waals surface area (Å²) in [6.45, 7) is 6.18. The molecule has 27 heavy (non-hydrogen) atoms. The Hall–Kier alpha value is -2.16. The average Bonchev–Trinajstić information content (AvgIpc) is 3.18. The number of methoxy groups -OCH3 is 1.